The molecule has 1 unspecified atom stereocenters. The molecule has 102 valence electrons. The third-order valence-corrected chi connectivity index (χ3v) is 4.75. The average Bonchev–Trinajstić information content (AvgIpc) is 2.81. The molecule has 0 amide bonds. The number of nitrogens with one attached hydrogen (secondary N) is 1. The first kappa shape index (κ1) is 14.5. The van der Waals surface area contributed by atoms with Crippen molar-refractivity contribution in [3.63, 3.8) is 0 Å². The fraction of sp³-hybridized carbons (Fsp3) is 0.357. The van der Waals surface area contributed by atoms with E-state index in [0.29, 0.717) is 0 Å². The Morgan fingerprint density at radius 2 is 2.26 bits per heavy atom. The lowest BCUT2D eigenvalue weighted by atomic mass is 9.99. The van der Waals surface area contributed by atoms with E-state index < -0.39 is 0 Å². The van der Waals surface area contributed by atoms with Crippen LogP contribution in [0.4, 0.5) is 0 Å². The van der Waals surface area contributed by atoms with Crippen molar-refractivity contribution in [1.82, 2.24) is 15.2 Å². The molecule has 3 N–H and O–H groups in total. The maximum Gasteiger partial charge on any atom is 0.0521 e. The number of nitrogens with two attached hydrogens (primary N) is 1. The Kier molecular flexibility index (Phi) is 4.95. The van der Waals surface area contributed by atoms with Crippen molar-refractivity contribution in [3.05, 3.63) is 50.9 Å². The Balaban J connectivity index is 2.09. The topological polar surface area (TPSA) is 55.9 Å². The highest BCUT2D eigenvalue weighted by Crippen LogP contribution is 2.25. The zero-order valence-electron chi connectivity index (χ0n) is 11.2. The fourth-order valence-corrected chi connectivity index (χ4v) is 2.92. The highest BCUT2D eigenvalue weighted by atomic mass is 127. The molecule has 19 heavy (non-hydrogen) atoms. The lowest BCUT2D eigenvalue weighted by molar-refractivity contribution is 0.514. The van der Waals surface area contributed by atoms with Gasteiger partial charge in [0.2, 0.25) is 0 Å². The van der Waals surface area contributed by atoms with Crippen LogP contribution >= 0.6 is 22.6 Å². The van der Waals surface area contributed by atoms with Crippen molar-refractivity contribution in [2.75, 3.05) is 0 Å². The number of hydrogen-bond acceptors (Lipinski definition) is 3. The van der Waals surface area contributed by atoms with E-state index in [2.05, 4.69) is 64.4 Å². The Morgan fingerprint density at radius 3 is 2.89 bits per heavy atom. The number of halogens is 1. The molecule has 1 aromatic heterocycles. The summed E-state index contributed by atoms with van der Waals surface area (Å²) in [6, 6.07) is 6.52. The second-order valence-corrected chi connectivity index (χ2v) is 5.84. The lowest BCUT2D eigenvalue weighted by Gasteiger charge is -2.18. The number of rotatable bonds is 5. The standard InChI is InChI=1S/C14H19IN4/c1-10-4-3-5-12(14(10)15)13(18-16)7-6-11-8-17-19(2)9-11/h3-5,8-9,13,18H,6-7,16H2,1-2H3. The largest absolute Gasteiger partial charge is 0.276 e. The second-order valence-electron chi connectivity index (χ2n) is 4.76. The summed E-state index contributed by atoms with van der Waals surface area (Å²) in [6.45, 7) is 2.12. The van der Waals surface area contributed by atoms with Crippen LogP contribution in [0.15, 0.2) is 30.6 Å². The number of hydrogen-bond donors (Lipinski definition) is 2. The number of benzene rings is 1. The van der Waals surface area contributed by atoms with Crippen LogP contribution in [-0.4, -0.2) is 9.78 Å². The molecule has 2 rings (SSSR count). The quantitative estimate of drug-likeness (QED) is 0.483. The maximum atomic E-state index is 5.72. The average molecular weight is 370 g/mol. The van der Waals surface area contributed by atoms with E-state index in [1.165, 1.54) is 20.3 Å². The minimum absolute atomic E-state index is 0.173. The van der Waals surface area contributed by atoms with Gasteiger partial charge in [0.15, 0.2) is 0 Å². The van der Waals surface area contributed by atoms with Gasteiger partial charge in [0, 0.05) is 22.9 Å². The van der Waals surface area contributed by atoms with Gasteiger partial charge >= 0.3 is 0 Å². The number of nitrogens with zero attached hydrogens (tertiary/aromatic N) is 2. The van der Waals surface area contributed by atoms with E-state index >= 15 is 0 Å². The van der Waals surface area contributed by atoms with Gasteiger partial charge in [0.25, 0.3) is 0 Å². The van der Waals surface area contributed by atoms with Gasteiger partial charge in [-0.3, -0.25) is 16.0 Å². The summed E-state index contributed by atoms with van der Waals surface area (Å²) in [4.78, 5) is 0. The molecular formula is C14H19IN4. The van der Waals surface area contributed by atoms with Crippen LogP contribution < -0.4 is 11.3 Å². The van der Waals surface area contributed by atoms with Gasteiger partial charge in [-0.1, -0.05) is 18.2 Å². The van der Waals surface area contributed by atoms with E-state index in [1.54, 1.807) is 0 Å². The molecule has 0 radical (unpaired) electrons. The van der Waals surface area contributed by atoms with E-state index in [0.717, 1.165) is 12.8 Å². The zero-order valence-corrected chi connectivity index (χ0v) is 13.4. The SMILES string of the molecule is Cc1cccc(C(CCc2cnn(C)c2)NN)c1I. The van der Waals surface area contributed by atoms with Crippen LogP contribution in [0.1, 0.15) is 29.2 Å². The van der Waals surface area contributed by atoms with E-state index in [-0.39, 0.29) is 6.04 Å². The molecule has 1 aromatic carbocycles. The van der Waals surface area contributed by atoms with Crippen molar-refractivity contribution in [2.45, 2.75) is 25.8 Å². The van der Waals surface area contributed by atoms with Crippen LogP contribution in [0, 0.1) is 10.5 Å². The summed E-state index contributed by atoms with van der Waals surface area (Å²) >= 11 is 2.39. The van der Waals surface area contributed by atoms with E-state index in [4.69, 9.17) is 5.84 Å². The molecule has 1 atom stereocenters. The molecule has 0 aliphatic rings. The molecular weight excluding hydrogens is 351 g/mol. The normalized spacial score (nSPS) is 12.6. The minimum Gasteiger partial charge on any atom is -0.276 e. The summed E-state index contributed by atoms with van der Waals surface area (Å²) in [6.07, 6.45) is 5.89. The molecule has 2 aromatic rings. The molecule has 4 nitrogen and oxygen atoms in total. The molecule has 0 saturated carbocycles. The first-order chi connectivity index (χ1) is 9.11. The number of aryl methyl sites for hydroxylation is 3. The minimum atomic E-state index is 0.173. The summed E-state index contributed by atoms with van der Waals surface area (Å²) in [7, 11) is 1.94. The first-order valence-corrected chi connectivity index (χ1v) is 7.38. The van der Waals surface area contributed by atoms with Gasteiger partial charge < -0.3 is 0 Å². The predicted molar refractivity (Wildman–Crippen MR) is 85.5 cm³/mol. The summed E-state index contributed by atoms with van der Waals surface area (Å²) in [5.74, 6) is 5.72. The summed E-state index contributed by atoms with van der Waals surface area (Å²) in [5.41, 5.74) is 6.73. The summed E-state index contributed by atoms with van der Waals surface area (Å²) < 4.78 is 3.12. The van der Waals surface area contributed by atoms with Gasteiger partial charge in [-0.05, 0) is 59.0 Å². The van der Waals surface area contributed by atoms with Crippen LogP contribution in [0.2, 0.25) is 0 Å². The Hall–Kier alpha value is -0.920. The lowest BCUT2D eigenvalue weighted by Crippen LogP contribution is -2.29. The smallest absolute Gasteiger partial charge is 0.0521 e. The summed E-state index contributed by atoms with van der Waals surface area (Å²) in [5, 5.41) is 4.19. The van der Waals surface area contributed by atoms with Gasteiger partial charge in [-0.2, -0.15) is 5.10 Å². The molecule has 1 heterocycles. The fourth-order valence-electron chi connectivity index (χ4n) is 2.18. The van der Waals surface area contributed by atoms with E-state index in [1.807, 2.05) is 17.9 Å². The Morgan fingerprint density at radius 1 is 1.47 bits per heavy atom. The van der Waals surface area contributed by atoms with E-state index in [9.17, 15) is 0 Å². The molecule has 0 fully saturated rings. The molecule has 0 aliphatic carbocycles. The maximum absolute atomic E-state index is 5.72. The van der Waals surface area contributed by atoms with Crippen LogP contribution in [0.5, 0.6) is 0 Å². The van der Waals surface area contributed by atoms with Gasteiger partial charge in [0.1, 0.15) is 0 Å². The van der Waals surface area contributed by atoms with Gasteiger partial charge in [0.05, 0.1) is 6.20 Å². The van der Waals surface area contributed by atoms with Crippen molar-refractivity contribution < 1.29 is 0 Å². The highest BCUT2D eigenvalue weighted by Gasteiger charge is 2.14. The zero-order chi connectivity index (χ0) is 13.8. The van der Waals surface area contributed by atoms with Crippen LogP contribution in [-0.2, 0) is 13.5 Å². The van der Waals surface area contributed by atoms with Crippen LogP contribution in [0.3, 0.4) is 0 Å². The van der Waals surface area contributed by atoms with Gasteiger partial charge in [-0.15, -0.1) is 0 Å². The van der Waals surface area contributed by atoms with Crippen molar-refractivity contribution in [3.8, 4) is 0 Å². The molecule has 0 saturated heterocycles. The third kappa shape index (κ3) is 3.55. The highest BCUT2D eigenvalue weighted by molar-refractivity contribution is 14.1. The Bertz CT molecular complexity index is 550. The van der Waals surface area contributed by atoms with Crippen molar-refractivity contribution >= 4 is 22.6 Å². The molecule has 0 spiro atoms. The monoisotopic (exact) mass is 370 g/mol. The van der Waals surface area contributed by atoms with Gasteiger partial charge in [-0.25, -0.2) is 0 Å². The number of aromatic nitrogens is 2. The van der Waals surface area contributed by atoms with Crippen molar-refractivity contribution in [1.29, 1.82) is 0 Å². The molecule has 0 aliphatic heterocycles. The Labute approximate surface area is 127 Å². The molecule has 5 heteroatoms. The second kappa shape index (κ2) is 6.49. The predicted octanol–water partition coefficient (Wildman–Crippen LogP) is 2.47. The van der Waals surface area contributed by atoms with Crippen molar-refractivity contribution in [2.24, 2.45) is 12.9 Å². The first-order valence-electron chi connectivity index (χ1n) is 6.30. The van der Waals surface area contributed by atoms with Crippen LogP contribution in [0.25, 0.3) is 0 Å². The molecule has 0 bridgehead atoms. The third-order valence-electron chi connectivity index (χ3n) is 3.28. The number of hydrazine groups is 1.